The SMILES string of the molecule is c1cncc(CCNC2CCCNCC2)c1. The van der Waals surface area contributed by atoms with Crippen molar-refractivity contribution in [1.29, 1.82) is 0 Å². The average Bonchev–Trinajstić information content (AvgIpc) is 2.59. The number of hydrogen-bond donors (Lipinski definition) is 2. The normalized spacial score (nSPS) is 21.6. The highest BCUT2D eigenvalue weighted by Gasteiger charge is 2.10. The molecule has 2 heterocycles. The Morgan fingerprint density at radius 1 is 1.38 bits per heavy atom. The number of aromatic nitrogens is 1. The maximum absolute atomic E-state index is 4.13. The summed E-state index contributed by atoms with van der Waals surface area (Å²) in [7, 11) is 0. The summed E-state index contributed by atoms with van der Waals surface area (Å²) in [6.45, 7) is 3.40. The first-order chi connectivity index (χ1) is 7.95. The van der Waals surface area contributed by atoms with E-state index in [2.05, 4.69) is 21.7 Å². The summed E-state index contributed by atoms with van der Waals surface area (Å²) < 4.78 is 0. The third kappa shape index (κ3) is 3.91. The van der Waals surface area contributed by atoms with Crippen molar-refractivity contribution in [2.24, 2.45) is 0 Å². The molecule has 0 amide bonds. The Bertz CT molecular complexity index is 278. The van der Waals surface area contributed by atoms with Crippen LogP contribution in [0.3, 0.4) is 0 Å². The topological polar surface area (TPSA) is 37.0 Å². The van der Waals surface area contributed by atoms with E-state index in [4.69, 9.17) is 0 Å². The molecule has 3 nitrogen and oxygen atoms in total. The molecule has 1 aromatic heterocycles. The minimum Gasteiger partial charge on any atom is -0.317 e. The highest BCUT2D eigenvalue weighted by molar-refractivity contribution is 5.08. The molecule has 0 bridgehead atoms. The minimum absolute atomic E-state index is 0.701. The van der Waals surface area contributed by atoms with E-state index in [1.54, 1.807) is 0 Å². The Balaban J connectivity index is 1.67. The lowest BCUT2D eigenvalue weighted by Gasteiger charge is -2.15. The van der Waals surface area contributed by atoms with Crippen LogP contribution in [0.5, 0.6) is 0 Å². The molecule has 1 aliphatic heterocycles. The fourth-order valence-electron chi connectivity index (χ4n) is 2.19. The Hall–Kier alpha value is -0.930. The summed E-state index contributed by atoms with van der Waals surface area (Å²) in [5, 5.41) is 7.08. The quantitative estimate of drug-likeness (QED) is 0.803. The van der Waals surface area contributed by atoms with Crippen molar-refractivity contribution in [1.82, 2.24) is 15.6 Å². The number of rotatable bonds is 4. The first kappa shape index (κ1) is 11.6. The summed E-state index contributed by atoms with van der Waals surface area (Å²) in [5.74, 6) is 0. The molecule has 0 aliphatic carbocycles. The van der Waals surface area contributed by atoms with Gasteiger partial charge in [0.15, 0.2) is 0 Å². The van der Waals surface area contributed by atoms with E-state index in [1.807, 2.05) is 18.5 Å². The van der Waals surface area contributed by atoms with Crippen LogP contribution < -0.4 is 10.6 Å². The molecule has 2 rings (SSSR count). The van der Waals surface area contributed by atoms with Crippen molar-refractivity contribution in [3.63, 3.8) is 0 Å². The second kappa shape index (κ2) is 6.61. The third-order valence-corrected chi connectivity index (χ3v) is 3.15. The van der Waals surface area contributed by atoms with Crippen LogP contribution in [-0.4, -0.2) is 30.7 Å². The fraction of sp³-hybridized carbons (Fsp3) is 0.615. The van der Waals surface area contributed by atoms with Crippen molar-refractivity contribution in [3.05, 3.63) is 30.1 Å². The zero-order valence-electron chi connectivity index (χ0n) is 9.78. The van der Waals surface area contributed by atoms with Crippen LogP contribution in [0.25, 0.3) is 0 Å². The molecular formula is C13H21N3. The smallest absolute Gasteiger partial charge is 0.0300 e. The van der Waals surface area contributed by atoms with Crippen LogP contribution in [-0.2, 0) is 6.42 Å². The molecule has 1 aliphatic rings. The Kier molecular flexibility index (Phi) is 4.77. The number of nitrogens with zero attached hydrogens (tertiary/aromatic N) is 1. The molecule has 16 heavy (non-hydrogen) atoms. The molecule has 2 N–H and O–H groups in total. The van der Waals surface area contributed by atoms with Gasteiger partial charge in [-0.3, -0.25) is 4.98 Å². The molecule has 1 fully saturated rings. The van der Waals surface area contributed by atoms with Gasteiger partial charge < -0.3 is 10.6 Å². The maximum atomic E-state index is 4.13. The van der Waals surface area contributed by atoms with Crippen molar-refractivity contribution in [3.8, 4) is 0 Å². The van der Waals surface area contributed by atoms with Gasteiger partial charge in [-0.15, -0.1) is 0 Å². The summed E-state index contributed by atoms with van der Waals surface area (Å²) >= 11 is 0. The van der Waals surface area contributed by atoms with Gasteiger partial charge in [-0.05, 0) is 56.9 Å². The molecular weight excluding hydrogens is 198 g/mol. The molecule has 0 saturated carbocycles. The number of hydrogen-bond acceptors (Lipinski definition) is 3. The molecule has 0 aromatic carbocycles. The summed E-state index contributed by atoms with van der Waals surface area (Å²) in [5.41, 5.74) is 1.32. The lowest BCUT2D eigenvalue weighted by Crippen LogP contribution is -2.31. The van der Waals surface area contributed by atoms with E-state index < -0.39 is 0 Å². The van der Waals surface area contributed by atoms with Crippen LogP contribution in [0.1, 0.15) is 24.8 Å². The second-order valence-corrected chi connectivity index (χ2v) is 4.44. The fourth-order valence-corrected chi connectivity index (χ4v) is 2.19. The molecule has 1 saturated heterocycles. The van der Waals surface area contributed by atoms with E-state index in [9.17, 15) is 0 Å². The lowest BCUT2D eigenvalue weighted by atomic mass is 10.1. The van der Waals surface area contributed by atoms with Gasteiger partial charge in [0.2, 0.25) is 0 Å². The largest absolute Gasteiger partial charge is 0.317 e. The van der Waals surface area contributed by atoms with Crippen LogP contribution in [0.15, 0.2) is 24.5 Å². The van der Waals surface area contributed by atoms with Gasteiger partial charge in [0.1, 0.15) is 0 Å². The highest BCUT2D eigenvalue weighted by atomic mass is 14.9. The van der Waals surface area contributed by atoms with E-state index >= 15 is 0 Å². The van der Waals surface area contributed by atoms with Gasteiger partial charge in [0.25, 0.3) is 0 Å². The van der Waals surface area contributed by atoms with Crippen molar-refractivity contribution < 1.29 is 0 Å². The van der Waals surface area contributed by atoms with E-state index in [1.165, 1.54) is 31.4 Å². The molecule has 0 radical (unpaired) electrons. The van der Waals surface area contributed by atoms with Crippen molar-refractivity contribution in [2.75, 3.05) is 19.6 Å². The zero-order chi connectivity index (χ0) is 11.1. The second-order valence-electron chi connectivity index (χ2n) is 4.44. The first-order valence-electron chi connectivity index (χ1n) is 6.28. The van der Waals surface area contributed by atoms with E-state index in [0.717, 1.165) is 19.5 Å². The predicted molar refractivity (Wildman–Crippen MR) is 66.5 cm³/mol. The van der Waals surface area contributed by atoms with Crippen LogP contribution in [0.2, 0.25) is 0 Å². The first-order valence-corrected chi connectivity index (χ1v) is 6.28. The highest BCUT2D eigenvalue weighted by Crippen LogP contribution is 2.05. The van der Waals surface area contributed by atoms with E-state index in [-0.39, 0.29) is 0 Å². The molecule has 88 valence electrons. The van der Waals surface area contributed by atoms with Gasteiger partial charge in [-0.25, -0.2) is 0 Å². The molecule has 1 atom stereocenters. The van der Waals surface area contributed by atoms with Gasteiger partial charge >= 0.3 is 0 Å². The van der Waals surface area contributed by atoms with Crippen molar-refractivity contribution in [2.45, 2.75) is 31.7 Å². The van der Waals surface area contributed by atoms with E-state index in [0.29, 0.717) is 6.04 Å². The van der Waals surface area contributed by atoms with Crippen molar-refractivity contribution >= 4 is 0 Å². The Morgan fingerprint density at radius 3 is 3.25 bits per heavy atom. The third-order valence-electron chi connectivity index (χ3n) is 3.15. The standard InChI is InChI=1S/C13H21N3/c1-3-12(11-15-8-1)5-10-16-13-4-2-7-14-9-6-13/h1,3,8,11,13-14,16H,2,4-7,9-10H2. The molecule has 3 heteroatoms. The lowest BCUT2D eigenvalue weighted by molar-refractivity contribution is 0.472. The summed E-state index contributed by atoms with van der Waals surface area (Å²) in [6.07, 6.45) is 8.72. The Labute approximate surface area is 97.7 Å². The minimum atomic E-state index is 0.701. The monoisotopic (exact) mass is 219 g/mol. The van der Waals surface area contributed by atoms with Gasteiger partial charge in [0, 0.05) is 18.4 Å². The van der Waals surface area contributed by atoms with Gasteiger partial charge in [-0.1, -0.05) is 6.07 Å². The number of nitrogens with one attached hydrogen (secondary N) is 2. The van der Waals surface area contributed by atoms with Crippen LogP contribution in [0, 0.1) is 0 Å². The molecule has 1 aromatic rings. The molecule has 0 spiro atoms. The van der Waals surface area contributed by atoms with Gasteiger partial charge in [0.05, 0.1) is 0 Å². The maximum Gasteiger partial charge on any atom is 0.0300 e. The predicted octanol–water partition coefficient (Wildman–Crippen LogP) is 1.36. The van der Waals surface area contributed by atoms with Gasteiger partial charge in [-0.2, -0.15) is 0 Å². The number of pyridine rings is 1. The molecule has 1 unspecified atom stereocenters. The van der Waals surface area contributed by atoms with Crippen LogP contribution >= 0.6 is 0 Å². The van der Waals surface area contributed by atoms with Crippen LogP contribution in [0.4, 0.5) is 0 Å². The zero-order valence-corrected chi connectivity index (χ0v) is 9.78. The summed E-state index contributed by atoms with van der Waals surface area (Å²) in [4.78, 5) is 4.13. The summed E-state index contributed by atoms with van der Waals surface area (Å²) in [6, 6.07) is 4.85. The Morgan fingerprint density at radius 2 is 2.38 bits per heavy atom. The average molecular weight is 219 g/mol.